The Morgan fingerprint density at radius 3 is 2.50 bits per heavy atom. The van der Waals surface area contributed by atoms with Crippen LogP contribution in [0.4, 0.5) is 5.69 Å². The lowest BCUT2D eigenvalue weighted by atomic mass is 10.2. The molecule has 0 saturated carbocycles. The number of ether oxygens (including phenoxy) is 1. The van der Waals surface area contributed by atoms with Crippen LogP contribution in [-0.2, 0) is 0 Å². The second-order valence-corrected chi connectivity index (χ2v) is 5.31. The van der Waals surface area contributed by atoms with Crippen molar-refractivity contribution in [3.63, 3.8) is 0 Å². The van der Waals surface area contributed by atoms with Gasteiger partial charge in [0.1, 0.15) is 11.4 Å². The van der Waals surface area contributed by atoms with Crippen LogP contribution in [0.3, 0.4) is 0 Å². The lowest BCUT2D eigenvalue weighted by molar-refractivity contribution is -0.384. The van der Waals surface area contributed by atoms with Crippen LogP contribution in [0.15, 0.2) is 36.5 Å². The standard InChI is InChI=1S/C14H9Cl2N3O3/c1-22-10-2-3-13-8(4-10)7-17-18(13)14-11(15)5-9(19(20)21)6-12(14)16/h2-7H,1H3. The monoisotopic (exact) mass is 337 g/mol. The molecule has 0 aliphatic rings. The largest absolute Gasteiger partial charge is 0.497 e. The summed E-state index contributed by atoms with van der Waals surface area (Å²) in [5.74, 6) is 0.702. The summed E-state index contributed by atoms with van der Waals surface area (Å²) in [6, 6.07) is 7.93. The smallest absolute Gasteiger partial charge is 0.272 e. The number of aromatic nitrogens is 2. The second kappa shape index (κ2) is 5.47. The summed E-state index contributed by atoms with van der Waals surface area (Å²) in [5.41, 5.74) is 0.990. The molecule has 0 atom stereocenters. The number of non-ortho nitro benzene ring substituents is 1. The van der Waals surface area contributed by atoms with E-state index >= 15 is 0 Å². The molecule has 1 heterocycles. The molecule has 0 unspecified atom stereocenters. The van der Waals surface area contributed by atoms with Gasteiger partial charge in [-0.1, -0.05) is 23.2 Å². The van der Waals surface area contributed by atoms with Crippen LogP contribution >= 0.6 is 23.2 Å². The van der Waals surface area contributed by atoms with Gasteiger partial charge in [0, 0.05) is 17.5 Å². The number of nitrogens with zero attached hydrogens (tertiary/aromatic N) is 3. The van der Waals surface area contributed by atoms with E-state index in [1.54, 1.807) is 24.1 Å². The van der Waals surface area contributed by atoms with Crippen LogP contribution in [0, 0.1) is 10.1 Å². The van der Waals surface area contributed by atoms with Gasteiger partial charge in [-0.2, -0.15) is 5.10 Å². The predicted octanol–water partition coefficient (Wildman–Crippen LogP) is 4.25. The highest BCUT2D eigenvalue weighted by atomic mass is 35.5. The highest BCUT2D eigenvalue weighted by Gasteiger charge is 2.18. The Kier molecular flexibility index (Phi) is 3.64. The SMILES string of the molecule is COc1ccc2c(cnn2-c2c(Cl)cc([N+](=O)[O-])cc2Cl)c1. The fourth-order valence-electron chi connectivity index (χ4n) is 2.18. The van der Waals surface area contributed by atoms with Crippen LogP contribution in [0.5, 0.6) is 5.75 Å². The van der Waals surface area contributed by atoms with E-state index in [0.717, 1.165) is 10.9 Å². The lowest BCUT2D eigenvalue weighted by Gasteiger charge is -2.09. The van der Waals surface area contributed by atoms with Gasteiger partial charge in [0.25, 0.3) is 5.69 Å². The Morgan fingerprint density at radius 2 is 1.91 bits per heavy atom. The van der Waals surface area contributed by atoms with Crippen LogP contribution < -0.4 is 4.74 Å². The molecule has 1 aromatic heterocycles. The average Bonchev–Trinajstić information content (AvgIpc) is 2.89. The molecule has 0 amide bonds. The maximum absolute atomic E-state index is 10.8. The molecule has 6 nitrogen and oxygen atoms in total. The minimum atomic E-state index is -0.548. The van der Waals surface area contributed by atoms with Crippen LogP contribution in [-0.4, -0.2) is 21.8 Å². The predicted molar refractivity (Wildman–Crippen MR) is 84.3 cm³/mol. The third-order valence-electron chi connectivity index (χ3n) is 3.20. The van der Waals surface area contributed by atoms with Gasteiger partial charge in [0.05, 0.1) is 33.8 Å². The van der Waals surface area contributed by atoms with Gasteiger partial charge in [-0.25, -0.2) is 4.68 Å². The average molecular weight is 338 g/mol. The number of fused-ring (bicyclic) bond motifs is 1. The van der Waals surface area contributed by atoms with Gasteiger partial charge in [-0.3, -0.25) is 10.1 Å². The first-order valence-corrected chi connectivity index (χ1v) is 6.92. The zero-order valence-corrected chi connectivity index (χ0v) is 12.8. The van der Waals surface area contributed by atoms with Gasteiger partial charge in [-0.15, -0.1) is 0 Å². The van der Waals surface area contributed by atoms with Crippen molar-refractivity contribution in [1.82, 2.24) is 9.78 Å². The van der Waals surface area contributed by atoms with Crippen molar-refractivity contribution in [3.05, 3.63) is 56.7 Å². The van der Waals surface area contributed by atoms with Crippen molar-refractivity contribution in [2.45, 2.75) is 0 Å². The molecule has 3 rings (SSSR count). The lowest BCUT2D eigenvalue weighted by Crippen LogP contribution is -1.99. The van der Waals surface area contributed by atoms with E-state index in [0.29, 0.717) is 11.4 Å². The summed E-state index contributed by atoms with van der Waals surface area (Å²) in [6.07, 6.45) is 1.64. The van der Waals surface area contributed by atoms with Crippen molar-refractivity contribution in [2.75, 3.05) is 7.11 Å². The minimum absolute atomic E-state index is 0.153. The number of nitro benzene ring substituents is 1. The molecule has 0 spiro atoms. The molecule has 0 fully saturated rings. The first-order chi connectivity index (χ1) is 10.5. The molecule has 0 aliphatic heterocycles. The number of halogens is 2. The van der Waals surface area contributed by atoms with Gasteiger partial charge in [-0.05, 0) is 18.2 Å². The van der Waals surface area contributed by atoms with E-state index in [-0.39, 0.29) is 15.7 Å². The maximum atomic E-state index is 10.8. The Bertz CT molecular complexity index is 869. The molecule has 112 valence electrons. The molecule has 0 N–H and O–H groups in total. The summed E-state index contributed by atoms with van der Waals surface area (Å²) in [4.78, 5) is 10.3. The minimum Gasteiger partial charge on any atom is -0.497 e. The Labute approximate surface area is 135 Å². The molecule has 8 heteroatoms. The summed E-state index contributed by atoms with van der Waals surface area (Å²) in [5, 5.41) is 16.2. The summed E-state index contributed by atoms with van der Waals surface area (Å²) in [6.45, 7) is 0. The Balaban J connectivity index is 2.21. The van der Waals surface area contributed by atoms with E-state index < -0.39 is 4.92 Å². The zero-order chi connectivity index (χ0) is 15.9. The number of methoxy groups -OCH3 is 1. The van der Waals surface area contributed by atoms with E-state index in [1.165, 1.54) is 12.1 Å². The van der Waals surface area contributed by atoms with Crippen molar-refractivity contribution in [2.24, 2.45) is 0 Å². The van der Waals surface area contributed by atoms with Crippen molar-refractivity contribution in [3.8, 4) is 11.4 Å². The number of benzene rings is 2. The summed E-state index contributed by atoms with van der Waals surface area (Å²) >= 11 is 12.3. The van der Waals surface area contributed by atoms with E-state index in [4.69, 9.17) is 27.9 Å². The van der Waals surface area contributed by atoms with Crippen LogP contribution in [0.25, 0.3) is 16.6 Å². The van der Waals surface area contributed by atoms with E-state index in [2.05, 4.69) is 5.10 Å². The van der Waals surface area contributed by atoms with Crippen molar-refractivity contribution in [1.29, 1.82) is 0 Å². The molecule has 0 bridgehead atoms. The highest BCUT2D eigenvalue weighted by Crippen LogP contribution is 2.35. The molecule has 22 heavy (non-hydrogen) atoms. The normalized spacial score (nSPS) is 10.9. The molecule has 0 aliphatic carbocycles. The summed E-state index contributed by atoms with van der Waals surface area (Å²) < 4.78 is 6.71. The Morgan fingerprint density at radius 1 is 1.23 bits per heavy atom. The maximum Gasteiger partial charge on any atom is 0.272 e. The fraction of sp³-hybridized carbons (Fsp3) is 0.0714. The molecule has 3 aromatic rings. The fourth-order valence-corrected chi connectivity index (χ4v) is 2.81. The van der Waals surface area contributed by atoms with Crippen LogP contribution in [0.1, 0.15) is 0 Å². The van der Waals surface area contributed by atoms with Crippen LogP contribution in [0.2, 0.25) is 10.0 Å². The molecule has 0 saturated heterocycles. The highest BCUT2D eigenvalue weighted by molar-refractivity contribution is 6.38. The third-order valence-corrected chi connectivity index (χ3v) is 3.78. The zero-order valence-electron chi connectivity index (χ0n) is 11.3. The first kappa shape index (κ1) is 14.6. The number of nitro groups is 1. The topological polar surface area (TPSA) is 70.2 Å². The Hall–Kier alpha value is -2.31. The summed E-state index contributed by atoms with van der Waals surface area (Å²) in [7, 11) is 1.58. The van der Waals surface area contributed by atoms with Crippen molar-refractivity contribution >= 4 is 39.8 Å². The molecular weight excluding hydrogens is 329 g/mol. The van der Waals surface area contributed by atoms with E-state index in [1.807, 2.05) is 12.1 Å². The van der Waals surface area contributed by atoms with E-state index in [9.17, 15) is 10.1 Å². The van der Waals surface area contributed by atoms with Gasteiger partial charge >= 0.3 is 0 Å². The number of rotatable bonds is 3. The quantitative estimate of drug-likeness (QED) is 0.529. The molecule has 2 aromatic carbocycles. The third kappa shape index (κ3) is 2.36. The number of hydrogen-bond acceptors (Lipinski definition) is 4. The first-order valence-electron chi connectivity index (χ1n) is 6.17. The van der Waals surface area contributed by atoms with Gasteiger partial charge in [0.2, 0.25) is 0 Å². The van der Waals surface area contributed by atoms with Crippen molar-refractivity contribution < 1.29 is 9.66 Å². The second-order valence-electron chi connectivity index (χ2n) is 4.50. The van der Waals surface area contributed by atoms with Gasteiger partial charge in [0.15, 0.2) is 0 Å². The molecular formula is C14H9Cl2N3O3. The molecule has 0 radical (unpaired) electrons. The number of hydrogen-bond donors (Lipinski definition) is 0. The van der Waals surface area contributed by atoms with Gasteiger partial charge < -0.3 is 4.74 Å².